The van der Waals surface area contributed by atoms with Gasteiger partial charge in [-0.25, -0.2) is 22.6 Å². The summed E-state index contributed by atoms with van der Waals surface area (Å²) in [5, 5.41) is 14.3. The van der Waals surface area contributed by atoms with Gasteiger partial charge in [-0.15, -0.1) is 0 Å². The van der Waals surface area contributed by atoms with Crippen LogP contribution in [0, 0.1) is 5.82 Å². The number of alkyl halides is 2. The normalized spacial score (nSPS) is 12.4. The molecule has 0 unspecified atom stereocenters. The number of carboxylic acid groups (broad SMARTS) is 1. The largest absolute Gasteiger partial charge is 0.484 e. The van der Waals surface area contributed by atoms with Crippen molar-refractivity contribution >= 4 is 38.4 Å². The first-order valence-corrected chi connectivity index (χ1v) is 14.2. The van der Waals surface area contributed by atoms with Gasteiger partial charge in [0, 0.05) is 24.4 Å². The van der Waals surface area contributed by atoms with Crippen molar-refractivity contribution in [3.05, 3.63) is 89.9 Å². The topological polar surface area (TPSA) is 149 Å². The number of aryl methyl sites for hydroxylation is 1. The van der Waals surface area contributed by atoms with E-state index in [0.717, 1.165) is 0 Å². The summed E-state index contributed by atoms with van der Waals surface area (Å²) in [6.07, 6.45) is 0.804. The van der Waals surface area contributed by atoms with Crippen LogP contribution in [0.4, 0.5) is 24.7 Å². The molecule has 0 fully saturated rings. The number of anilines is 2. The Morgan fingerprint density at radius 2 is 1.70 bits per heavy atom. The number of carboxylic acids is 1. The molecule has 0 saturated heterocycles. The second-order valence-corrected chi connectivity index (χ2v) is 11.2. The van der Waals surface area contributed by atoms with Gasteiger partial charge in [0.1, 0.15) is 29.2 Å². The van der Waals surface area contributed by atoms with E-state index in [1.54, 1.807) is 37.0 Å². The lowest BCUT2D eigenvalue weighted by molar-refractivity contribution is 0.0697. The highest BCUT2D eigenvalue weighted by atomic mass is 32.2. The highest BCUT2D eigenvalue weighted by Crippen LogP contribution is 2.40. The molecule has 0 bridgehead atoms. The Kier molecular flexibility index (Phi) is 7.71. The van der Waals surface area contributed by atoms with Crippen LogP contribution in [0.25, 0.3) is 33.3 Å². The molecule has 43 heavy (non-hydrogen) atoms. The molecule has 0 amide bonds. The number of carbonyl (C=O) groups is 1. The van der Waals surface area contributed by atoms with Gasteiger partial charge in [0.2, 0.25) is 0 Å². The number of nitrogens with two attached hydrogens (primary N) is 1. The molecule has 14 heteroatoms. The molecule has 0 radical (unpaired) electrons. The molecule has 0 aliphatic heterocycles. The summed E-state index contributed by atoms with van der Waals surface area (Å²) in [7, 11) is -3.36. The molecule has 0 aliphatic rings. The van der Waals surface area contributed by atoms with Crippen molar-refractivity contribution in [2.24, 2.45) is 7.05 Å². The number of nitrogens with zero attached hydrogens (tertiary/aromatic N) is 3. The first-order chi connectivity index (χ1) is 20.4. The number of fused-ring (bicyclic) bond motifs is 1. The van der Waals surface area contributed by atoms with Gasteiger partial charge in [0.15, 0.2) is 0 Å². The van der Waals surface area contributed by atoms with E-state index in [4.69, 9.17) is 10.5 Å². The Balaban J connectivity index is 1.63. The number of hydrogen-bond donors (Lipinski definition) is 3. The maximum absolute atomic E-state index is 13.5. The molecular weight excluding hydrogens is 587 g/mol. The Morgan fingerprint density at radius 3 is 2.33 bits per heavy atom. The van der Waals surface area contributed by atoms with Crippen LogP contribution in [0.5, 0.6) is 5.75 Å². The number of aromatic carboxylic acids is 1. The lowest BCUT2D eigenvalue weighted by Gasteiger charge is -2.19. The summed E-state index contributed by atoms with van der Waals surface area (Å²) in [5.41, 5.74) is 9.30. The van der Waals surface area contributed by atoms with Crippen LogP contribution in [-0.4, -0.2) is 40.0 Å². The molecule has 10 nitrogen and oxygen atoms in total. The Hall–Kier alpha value is -5.11. The highest BCUT2D eigenvalue weighted by molar-refractivity contribution is 7.93. The average molecular weight is 612 g/mol. The molecule has 222 valence electrons. The number of rotatable bonds is 9. The van der Waals surface area contributed by atoms with Crippen LogP contribution >= 0.6 is 0 Å². The maximum atomic E-state index is 13.5. The van der Waals surface area contributed by atoms with Crippen molar-refractivity contribution < 1.29 is 36.2 Å². The minimum absolute atomic E-state index is 0.0932. The van der Waals surface area contributed by atoms with E-state index < -0.39 is 33.7 Å². The summed E-state index contributed by atoms with van der Waals surface area (Å²) < 4.78 is 73.4. The molecule has 0 spiro atoms. The van der Waals surface area contributed by atoms with Crippen LogP contribution in [0.15, 0.2) is 72.9 Å². The van der Waals surface area contributed by atoms with Crippen LogP contribution in [0.3, 0.4) is 0 Å². The number of nitrogens with one attached hydrogen (secondary N) is 1. The molecule has 2 aromatic heterocycles. The molecule has 2 heterocycles. The van der Waals surface area contributed by atoms with Crippen LogP contribution in [-0.2, 0) is 17.1 Å². The van der Waals surface area contributed by atoms with Gasteiger partial charge in [-0.05, 0) is 54.4 Å². The van der Waals surface area contributed by atoms with E-state index in [0.29, 0.717) is 38.9 Å². The van der Waals surface area contributed by atoms with E-state index in [-0.39, 0.29) is 22.8 Å². The summed E-state index contributed by atoms with van der Waals surface area (Å²) in [5.74, 6) is -5.18. The third-order valence-corrected chi connectivity index (χ3v) is 7.69. The predicted octanol–water partition coefficient (Wildman–Crippen LogP) is 5.83. The van der Waals surface area contributed by atoms with Crippen molar-refractivity contribution in [2.75, 3.05) is 10.5 Å². The lowest BCUT2D eigenvalue weighted by Crippen LogP contribution is -2.21. The van der Waals surface area contributed by atoms with Gasteiger partial charge < -0.3 is 15.6 Å². The highest BCUT2D eigenvalue weighted by Gasteiger charge is 2.27. The number of halogens is 3. The molecule has 1 atom stereocenters. The fourth-order valence-corrected chi connectivity index (χ4v) is 5.15. The number of pyridine rings is 1. The maximum Gasteiger partial charge on any atom is 0.355 e. The van der Waals surface area contributed by atoms with Crippen molar-refractivity contribution in [3.8, 4) is 28.1 Å². The average Bonchev–Trinajstić information content (AvgIpc) is 3.32. The summed E-state index contributed by atoms with van der Waals surface area (Å²) in [6.45, 7) is 1.63. The zero-order valence-electron chi connectivity index (χ0n) is 22.6. The molecule has 0 saturated carbocycles. The molecule has 0 aliphatic carbocycles. The number of ether oxygens (including phenoxy) is 1. The second kappa shape index (κ2) is 11.3. The summed E-state index contributed by atoms with van der Waals surface area (Å²) >= 11 is 0. The lowest BCUT2D eigenvalue weighted by atomic mass is 10.0. The zero-order valence-corrected chi connectivity index (χ0v) is 23.4. The summed E-state index contributed by atoms with van der Waals surface area (Å²) in [4.78, 5) is 15.6. The number of sulfonamides is 1. The van der Waals surface area contributed by atoms with Crippen molar-refractivity contribution in [1.29, 1.82) is 0 Å². The fourth-order valence-electron chi connectivity index (χ4n) is 4.58. The number of benzene rings is 3. The Labute approximate surface area is 243 Å². The molecule has 4 N–H and O–H groups in total. The van der Waals surface area contributed by atoms with E-state index in [9.17, 15) is 31.5 Å². The van der Waals surface area contributed by atoms with Gasteiger partial charge in [0.05, 0.1) is 22.2 Å². The first kappa shape index (κ1) is 29.4. The van der Waals surface area contributed by atoms with Crippen molar-refractivity contribution in [3.63, 3.8) is 0 Å². The molecule has 5 aromatic rings. The minimum atomic E-state index is -5.04. The van der Waals surface area contributed by atoms with Crippen LogP contribution < -0.4 is 15.2 Å². The third-order valence-electron chi connectivity index (χ3n) is 6.72. The van der Waals surface area contributed by atoms with Gasteiger partial charge in [-0.2, -0.15) is 13.9 Å². The van der Waals surface area contributed by atoms with E-state index in [1.165, 1.54) is 54.6 Å². The second-order valence-electron chi connectivity index (χ2n) is 9.57. The Bertz CT molecular complexity index is 1950. The number of aromatic nitrogens is 3. The van der Waals surface area contributed by atoms with Gasteiger partial charge in [-0.1, -0.05) is 30.3 Å². The number of hydrogen-bond acceptors (Lipinski definition) is 7. The molecular formula is C29H24F3N5O5S. The van der Waals surface area contributed by atoms with Crippen LogP contribution in [0.1, 0.15) is 28.9 Å². The summed E-state index contributed by atoms with van der Waals surface area (Å²) in [6, 6.07) is 15.8. The monoisotopic (exact) mass is 611 g/mol. The van der Waals surface area contributed by atoms with Crippen LogP contribution in [0.2, 0.25) is 0 Å². The molecule has 5 rings (SSSR count). The van der Waals surface area contributed by atoms with Gasteiger partial charge in [0.25, 0.3) is 10.0 Å². The van der Waals surface area contributed by atoms with E-state index >= 15 is 0 Å². The van der Waals surface area contributed by atoms with Gasteiger partial charge >= 0.3 is 11.7 Å². The standard InChI is InChI=1S/C29H24F3N5O5S/c1-15(16-7-10-20(30)11-8-16)42-23-13-19(9-12-22(23)36-43(40,41)29(31)32)25-24-26(37(2)35-25)21(14-34-27(24)33)17-3-5-18(6-4-17)28(38)39/h3-15,29,36H,1-2H3,(H2,33,34)(H,38,39)/t15-/m0/s1. The third kappa shape index (κ3) is 5.81. The molecule has 3 aromatic carbocycles. The number of nitrogen functional groups attached to an aromatic ring is 1. The quantitative estimate of drug-likeness (QED) is 0.189. The minimum Gasteiger partial charge on any atom is -0.484 e. The zero-order chi connectivity index (χ0) is 31.1. The smallest absolute Gasteiger partial charge is 0.355 e. The Morgan fingerprint density at radius 1 is 1.05 bits per heavy atom. The van der Waals surface area contributed by atoms with E-state index in [1.807, 2.05) is 4.72 Å². The van der Waals surface area contributed by atoms with Gasteiger partial charge in [-0.3, -0.25) is 9.40 Å². The van der Waals surface area contributed by atoms with E-state index in [2.05, 4.69) is 10.1 Å². The van der Waals surface area contributed by atoms with Crippen molar-refractivity contribution in [1.82, 2.24) is 14.8 Å². The first-order valence-electron chi connectivity index (χ1n) is 12.7. The predicted molar refractivity (Wildman–Crippen MR) is 155 cm³/mol. The fraction of sp³-hybridized carbons (Fsp3) is 0.138. The SMILES string of the molecule is C[C@H](Oc1cc(-c2nn(C)c3c(-c4ccc(C(=O)O)cc4)cnc(N)c23)ccc1NS(=O)(=O)C(F)F)c1ccc(F)cc1. The van der Waals surface area contributed by atoms with Crippen molar-refractivity contribution in [2.45, 2.75) is 18.8 Å².